The Kier molecular flexibility index (Phi) is 3.57. The molecule has 1 aliphatic rings. The normalized spacial score (nSPS) is 13.6. The number of hydrogen-bond donors (Lipinski definition) is 0. The molecule has 1 aromatic rings. The smallest absolute Gasteiger partial charge is 0.180 e. The van der Waals surface area contributed by atoms with E-state index in [9.17, 15) is 4.79 Å². The Morgan fingerprint density at radius 2 is 2.12 bits per heavy atom. The molecule has 0 N–H and O–H groups in total. The second-order valence-electron chi connectivity index (χ2n) is 4.08. The summed E-state index contributed by atoms with van der Waals surface area (Å²) in [6.45, 7) is 4.63. The zero-order chi connectivity index (χ0) is 12.4. The molecule has 3 nitrogen and oxygen atoms in total. The first-order valence-electron chi connectivity index (χ1n) is 5.72. The summed E-state index contributed by atoms with van der Waals surface area (Å²) in [5.41, 5.74) is 1.92. The van der Waals surface area contributed by atoms with Crippen molar-refractivity contribution in [1.82, 2.24) is 0 Å². The van der Waals surface area contributed by atoms with Crippen LogP contribution >= 0.6 is 11.6 Å². The third-order valence-corrected chi connectivity index (χ3v) is 3.16. The zero-order valence-corrected chi connectivity index (χ0v) is 10.8. The molecular formula is C13H15ClO3. The van der Waals surface area contributed by atoms with Crippen molar-refractivity contribution in [3.8, 4) is 11.5 Å². The maximum atomic E-state index is 11.2. The lowest BCUT2D eigenvalue weighted by Gasteiger charge is -2.22. The van der Waals surface area contributed by atoms with Gasteiger partial charge >= 0.3 is 0 Å². The highest BCUT2D eigenvalue weighted by molar-refractivity contribution is 6.33. The van der Waals surface area contributed by atoms with Crippen LogP contribution in [0.15, 0.2) is 6.07 Å². The van der Waals surface area contributed by atoms with Gasteiger partial charge in [0.15, 0.2) is 11.5 Å². The van der Waals surface area contributed by atoms with E-state index in [1.165, 1.54) is 0 Å². The molecule has 0 bridgehead atoms. The molecule has 92 valence electrons. The average molecular weight is 255 g/mol. The number of halogens is 1. The van der Waals surface area contributed by atoms with Gasteiger partial charge in [-0.2, -0.15) is 0 Å². The van der Waals surface area contributed by atoms with Crippen LogP contribution in [0.4, 0.5) is 0 Å². The van der Waals surface area contributed by atoms with Gasteiger partial charge in [-0.1, -0.05) is 18.5 Å². The first kappa shape index (κ1) is 12.2. The van der Waals surface area contributed by atoms with E-state index >= 15 is 0 Å². The number of hydrogen-bond acceptors (Lipinski definition) is 3. The summed E-state index contributed by atoms with van der Waals surface area (Å²) in [6, 6.07) is 1.88. The largest absolute Gasteiger partial charge is 0.486 e. The fourth-order valence-electron chi connectivity index (χ4n) is 2.04. The standard InChI is InChI=1S/C13H15ClO3/c1-3-10-9(6-8(2)15)7-11-13(12(10)14)17-5-4-16-11/h7H,3-6H2,1-2H3. The van der Waals surface area contributed by atoms with Gasteiger partial charge in [-0.3, -0.25) is 4.79 Å². The third kappa shape index (κ3) is 2.39. The number of ketones is 1. The SMILES string of the molecule is CCc1c(CC(C)=O)cc2c(c1Cl)OCCO2. The maximum Gasteiger partial charge on any atom is 0.180 e. The zero-order valence-electron chi connectivity index (χ0n) is 10.0. The number of fused-ring (bicyclic) bond motifs is 1. The highest BCUT2D eigenvalue weighted by Gasteiger charge is 2.21. The van der Waals surface area contributed by atoms with E-state index in [1.807, 2.05) is 13.0 Å². The van der Waals surface area contributed by atoms with E-state index in [1.54, 1.807) is 6.92 Å². The second-order valence-corrected chi connectivity index (χ2v) is 4.46. The lowest BCUT2D eigenvalue weighted by atomic mass is 9.99. The second kappa shape index (κ2) is 4.96. The van der Waals surface area contributed by atoms with Crippen molar-refractivity contribution in [3.05, 3.63) is 22.2 Å². The fourth-order valence-corrected chi connectivity index (χ4v) is 2.45. The lowest BCUT2D eigenvalue weighted by Crippen LogP contribution is -2.17. The minimum Gasteiger partial charge on any atom is -0.486 e. The number of rotatable bonds is 3. The molecule has 2 rings (SSSR count). The predicted octanol–water partition coefficient (Wildman–Crippen LogP) is 2.81. The minimum absolute atomic E-state index is 0.118. The van der Waals surface area contributed by atoms with E-state index in [-0.39, 0.29) is 5.78 Å². The monoisotopic (exact) mass is 254 g/mol. The van der Waals surface area contributed by atoms with Crippen LogP contribution in [-0.4, -0.2) is 19.0 Å². The summed E-state index contributed by atoms with van der Waals surface area (Å²) in [6.07, 6.45) is 1.16. The van der Waals surface area contributed by atoms with Gasteiger partial charge < -0.3 is 9.47 Å². The van der Waals surface area contributed by atoms with Crippen molar-refractivity contribution in [2.45, 2.75) is 26.7 Å². The van der Waals surface area contributed by atoms with Crippen molar-refractivity contribution in [2.24, 2.45) is 0 Å². The number of benzene rings is 1. The summed E-state index contributed by atoms with van der Waals surface area (Å²) >= 11 is 6.30. The van der Waals surface area contributed by atoms with Crippen LogP contribution in [0.1, 0.15) is 25.0 Å². The third-order valence-electron chi connectivity index (χ3n) is 2.76. The van der Waals surface area contributed by atoms with Crippen molar-refractivity contribution >= 4 is 17.4 Å². The van der Waals surface area contributed by atoms with Crippen LogP contribution in [0.3, 0.4) is 0 Å². The van der Waals surface area contributed by atoms with Crippen LogP contribution < -0.4 is 9.47 Å². The Hall–Kier alpha value is -1.22. The molecule has 1 aliphatic heterocycles. The molecule has 0 saturated carbocycles. The molecule has 0 atom stereocenters. The Morgan fingerprint density at radius 3 is 2.76 bits per heavy atom. The van der Waals surface area contributed by atoms with Crippen LogP contribution in [0.25, 0.3) is 0 Å². The molecule has 4 heteroatoms. The number of Topliss-reactive ketones (excluding diaryl/α,β-unsaturated/α-hetero) is 1. The number of carbonyl (C=O) groups excluding carboxylic acids is 1. The molecule has 0 spiro atoms. The molecule has 1 heterocycles. The maximum absolute atomic E-state index is 11.2. The van der Waals surface area contributed by atoms with Crippen molar-refractivity contribution in [1.29, 1.82) is 0 Å². The Morgan fingerprint density at radius 1 is 1.41 bits per heavy atom. The first-order valence-corrected chi connectivity index (χ1v) is 6.10. The molecule has 0 unspecified atom stereocenters. The fraction of sp³-hybridized carbons (Fsp3) is 0.462. The van der Waals surface area contributed by atoms with Gasteiger partial charge in [0.05, 0.1) is 5.02 Å². The number of carbonyl (C=O) groups is 1. The van der Waals surface area contributed by atoms with Crippen LogP contribution in [0.5, 0.6) is 11.5 Å². The van der Waals surface area contributed by atoms with Crippen molar-refractivity contribution < 1.29 is 14.3 Å². The van der Waals surface area contributed by atoms with Crippen LogP contribution in [0.2, 0.25) is 5.02 Å². The average Bonchev–Trinajstić information content (AvgIpc) is 2.29. The lowest BCUT2D eigenvalue weighted by molar-refractivity contribution is -0.116. The summed E-state index contributed by atoms with van der Waals surface area (Å²) in [4.78, 5) is 11.2. The highest BCUT2D eigenvalue weighted by atomic mass is 35.5. The van der Waals surface area contributed by atoms with E-state index in [0.29, 0.717) is 36.2 Å². The molecule has 0 aliphatic carbocycles. The summed E-state index contributed by atoms with van der Waals surface area (Å²) < 4.78 is 11.0. The van der Waals surface area contributed by atoms with Crippen molar-refractivity contribution in [2.75, 3.05) is 13.2 Å². The first-order chi connectivity index (χ1) is 8.13. The van der Waals surface area contributed by atoms with Gasteiger partial charge in [-0.05, 0) is 30.5 Å². The van der Waals surface area contributed by atoms with Crippen LogP contribution in [-0.2, 0) is 17.6 Å². The minimum atomic E-state index is 0.118. The summed E-state index contributed by atoms with van der Waals surface area (Å²) in [5.74, 6) is 1.38. The quantitative estimate of drug-likeness (QED) is 0.832. The van der Waals surface area contributed by atoms with Gasteiger partial charge in [0, 0.05) is 6.42 Å². The molecule has 0 radical (unpaired) electrons. The van der Waals surface area contributed by atoms with E-state index in [4.69, 9.17) is 21.1 Å². The molecule has 1 aromatic carbocycles. The molecule has 0 fully saturated rings. The molecule has 0 saturated heterocycles. The predicted molar refractivity (Wildman–Crippen MR) is 66.2 cm³/mol. The van der Waals surface area contributed by atoms with Gasteiger partial charge in [0.25, 0.3) is 0 Å². The van der Waals surface area contributed by atoms with E-state index in [0.717, 1.165) is 17.5 Å². The highest BCUT2D eigenvalue weighted by Crippen LogP contribution is 2.41. The van der Waals surface area contributed by atoms with Gasteiger partial charge in [0.1, 0.15) is 19.0 Å². The molecule has 0 aromatic heterocycles. The topological polar surface area (TPSA) is 35.5 Å². The Balaban J connectivity index is 2.51. The van der Waals surface area contributed by atoms with E-state index in [2.05, 4.69) is 0 Å². The Bertz CT molecular complexity index is 454. The Labute approximate surface area is 106 Å². The summed E-state index contributed by atoms with van der Waals surface area (Å²) in [5, 5.41) is 0.584. The molecule has 0 amide bonds. The van der Waals surface area contributed by atoms with Crippen molar-refractivity contribution in [3.63, 3.8) is 0 Å². The van der Waals surface area contributed by atoms with Crippen LogP contribution in [0, 0.1) is 0 Å². The van der Waals surface area contributed by atoms with Gasteiger partial charge in [-0.25, -0.2) is 0 Å². The van der Waals surface area contributed by atoms with E-state index < -0.39 is 0 Å². The van der Waals surface area contributed by atoms with Gasteiger partial charge in [0.2, 0.25) is 0 Å². The summed E-state index contributed by atoms with van der Waals surface area (Å²) in [7, 11) is 0. The molecule has 17 heavy (non-hydrogen) atoms. The molecular weight excluding hydrogens is 240 g/mol. The number of ether oxygens (including phenoxy) is 2. The van der Waals surface area contributed by atoms with Gasteiger partial charge in [-0.15, -0.1) is 0 Å².